The second-order valence-electron chi connectivity index (χ2n) is 14.7. The van der Waals surface area contributed by atoms with Crippen LogP contribution in [0.25, 0.3) is 0 Å². The lowest BCUT2D eigenvalue weighted by molar-refractivity contribution is -0.148. The van der Waals surface area contributed by atoms with Crippen LogP contribution in [0.5, 0.6) is 0 Å². The fraction of sp³-hybridized carbons (Fsp3) is 0.719. The number of hydrogen-bond donors (Lipinski definition) is 4. The van der Waals surface area contributed by atoms with Crippen LogP contribution in [0.15, 0.2) is 18.2 Å². The van der Waals surface area contributed by atoms with Crippen molar-refractivity contribution in [3.63, 3.8) is 0 Å². The number of nitrogens with two attached hydrogens (primary N) is 2. The lowest BCUT2D eigenvalue weighted by Gasteiger charge is -2.59. The second-order valence-corrected chi connectivity index (χ2v) is 15.1. The molecule has 1 saturated heterocycles. The molecule has 2 unspecified atom stereocenters. The fourth-order valence-corrected chi connectivity index (χ4v) is 8.81. The van der Waals surface area contributed by atoms with E-state index in [-0.39, 0.29) is 67.6 Å². The maximum Gasteiger partial charge on any atom is 0.241 e. The average Bonchev–Trinajstić information content (AvgIpc) is 2.91. The number of carbonyl (C=O) groups is 3. The van der Waals surface area contributed by atoms with Crippen LogP contribution in [0.3, 0.4) is 0 Å². The highest BCUT2D eigenvalue weighted by molar-refractivity contribution is 6.33. The number of amides is 3. The van der Waals surface area contributed by atoms with Crippen molar-refractivity contribution in [3.05, 3.63) is 29.0 Å². The van der Waals surface area contributed by atoms with Crippen LogP contribution >= 0.6 is 11.6 Å². The van der Waals surface area contributed by atoms with E-state index in [4.69, 9.17) is 23.1 Å². The van der Waals surface area contributed by atoms with Crippen LogP contribution in [0.2, 0.25) is 5.02 Å². The molecule has 0 spiro atoms. The molecule has 4 aliphatic carbocycles. The van der Waals surface area contributed by atoms with Crippen LogP contribution in [0.4, 0.5) is 10.1 Å². The van der Waals surface area contributed by atoms with Crippen LogP contribution < -0.4 is 21.7 Å². The third kappa shape index (κ3) is 6.30. The van der Waals surface area contributed by atoms with Crippen molar-refractivity contribution in [1.29, 1.82) is 0 Å². The molecule has 6 N–H and O–H groups in total. The minimum atomic E-state index is -0.962. The molecular weight excluding hydrogens is 573 g/mol. The maximum atomic E-state index is 13.9. The van der Waals surface area contributed by atoms with Crippen LogP contribution in [-0.2, 0) is 14.4 Å². The van der Waals surface area contributed by atoms with Crippen molar-refractivity contribution >= 4 is 35.0 Å². The monoisotopic (exact) mass is 619 g/mol. The van der Waals surface area contributed by atoms with E-state index in [2.05, 4.69) is 5.32 Å². The summed E-state index contributed by atoms with van der Waals surface area (Å²) in [6, 6.07) is 3.29. The predicted octanol–water partition coefficient (Wildman–Crippen LogP) is 3.05. The molecule has 43 heavy (non-hydrogen) atoms. The number of aliphatic hydroxyl groups is 1. The third-order valence-corrected chi connectivity index (χ3v) is 11.2. The van der Waals surface area contributed by atoms with Gasteiger partial charge in [-0.25, -0.2) is 4.39 Å². The molecule has 0 radical (unpaired) electrons. The summed E-state index contributed by atoms with van der Waals surface area (Å²) < 4.78 is 13.9. The summed E-state index contributed by atoms with van der Waals surface area (Å²) in [6.07, 6.45) is 3.64. The summed E-state index contributed by atoms with van der Waals surface area (Å²) in [6.45, 7) is 8.44. The smallest absolute Gasteiger partial charge is 0.241 e. The Morgan fingerprint density at radius 3 is 2.44 bits per heavy atom. The average molecular weight is 620 g/mol. The van der Waals surface area contributed by atoms with Crippen LogP contribution in [0.1, 0.15) is 66.2 Å². The lowest BCUT2D eigenvalue weighted by Crippen LogP contribution is -2.64. The van der Waals surface area contributed by atoms with Gasteiger partial charge in [0, 0.05) is 42.0 Å². The molecule has 1 aliphatic heterocycles. The van der Waals surface area contributed by atoms with Gasteiger partial charge in [0.05, 0.1) is 23.4 Å². The summed E-state index contributed by atoms with van der Waals surface area (Å²) in [5.74, 6) is -0.436. The maximum absolute atomic E-state index is 13.9. The van der Waals surface area contributed by atoms with E-state index < -0.39 is 34.8 Å². The molecule has 3 amide bonds. The Bertz CT molecular complexity index is 1240. The Morgan fingerprint density at radius 2 is 1.84 bits per heavy atom. The summed E-state index contributed by atoms with van der Waals surface area (Å²) in [7, 11) is 0. The van der Waals surface area contributed by atoms with Gasteiger partial charge in [-0.3, -0.25) is 19.3 Å². The van der Waals surface area contributed by atoms with Gasteiger partial charge < -0.3 is 26.8 Å². The molecule has 6 rings (SSSR count). The number of nitrogens with one attached hydrogen (secondary N) is 1. The molecular formula is C32H47ClFN5O4. The van der Waals surface area contributed by atoms with Crippen molar-refractivity contribution in [2.24, 2.45) is 46.5 Å². The largest absolute Gasteiger partial charge is 0.391 e. The van der Waals surface area contributed by atoms with Gasteiger partial charge in [-0.15, -0.1) is 0 Å². The molecule has 5 fully saturated rings. The van der Waals surface area contributed by atoms with Crippen molar-refractivity contribution in [2.45, 2.75) is 89.9 Å². The molecule has 1 aromatic rings. The number of carbonyl (C=O) groups excluding carboxylic acids is 3. The van der Waals surface area contributed by atoms with Gasteiger partial charge in [0.25, 0.3) is 0 Å². The number of nitrogens with zero attached hydrogens (tertiary/aromatic N) is 2. The Hall–Kier alpha value is -2.27. The van der Waals surface area contributed by atoms with Crippen molar-refractivity contribution in [1.82, 2.24) is 10.2 Å². The summed E-state index contributed by atoms with van der Waals surface area (Å²) >= 11 is 6.29. The normalized spacial score (nSPS) is 32.1. The first kappa shape index (κ1) is 32.1. The van der Waals surface area contributed by atoms with Crippen molar-refractivity contribution < 1.29 is 23.9 Å². The number of benzene rings is 1. The number of aliphatic hydroxyl groups excluding tert-OH is 1. The zero-order valence-corrected chi connectivity index (χ0v) is 26.4. The highest BCUT2D eigenvalue weighted by atomic mass is 35.5. The summed E-state index contributed by atoms with van der Waals surface area (Å²) in [5, 5.41) is 14.8. The van der Waals surface area contributed by atoms with E-state index in [9.17, 15) is 23.9 Å². The van der Waals surface area contributed by atoms with E-state index in [1.54, 1.807) is 0 Å². The van der Waals surface area contributed by atoms with Gasteiger partial charge in [-0.05, 0) is 94.2 Å². The van der Waals surface area contributed by atoms with E-state index in [0.29, 0.717) is 16.6 Å². The highest BCUT2D eigenvalue weighted by Gasteiger charge is 2.58. The summed E-state index contributed by atoms with van der Waals surface area (Å²) in [5.41, 5.74) is 11.7. The Kier molecular flexibility index (Phi) is 8.90. The molecule has 9 nitrogen and oxygen atoms in total. The van der Waals surface area contributed by atoms with E-state index in [1.807, 2.05) is 32.6 Å². The molecule has 1 heterocycles. The Labute approximate surface area is 258 Å². The second kappa shape index (κ2) is 11.9. The molecule has 0 aromatic heterocycles. The number of piperazine rings is 1. The van der Waals surface area contributed by atoms with Gasteiger partial charge in [0.1, 0.15) is 5.82 Å². The number of rotatable bonds is 10. The molecule has 4 saturated carbocycles. The van der Waals surface area contributed by atoms with E-state index in [1.165, 1.54) is 23.1 Å². The zero-order valence-electron chi connectivity index (χ0n) is 25.7. The van der Waals surface area contributed by atoms with E-state index >= 15 is 0 Å². The fourth-order valence-electron chi connectivity index (χ4n) is 8.59. The van der Waals surface area contributed by atoms with Gasteiger partial charge in [-0.2, -0.15) is 0 Å². The third-order valence-electron chi connectivity index (χ3n) is 10.9. The van der Waals surface area contributed by atoms with Gasteiger partial charge in [-0.1, -0.05) is 25.4 Å². The minimum absolute atomic E-state index is 0.0202. The predicted molar refractivity (Wildman–Crippen MR) is 163 cm³/mol. The first-order chi connectivity index (χ1) is 20.1. The molecule has 11 heteroatoms. The molecule has 4 bridgehead atoms. The SMILES string of the molecule is CC(C)[C@H](C[C@H](O)[C@@H](N)CN1CC(=O)N(c2cc(F)ccc2Cl)CC1(C)C)C(=O)NC1C2CC3CC1CC(C(N)=O)(C3)C2. The Morgan fingerprint density at radius 1 is 1.19 bits per heavy atom. The van der Waals surface area contributed by atoms with Gasteiger partial charge in [0.15, 0.2) is 0 Å². The number of hydrogen-bond acceptors (Lipinski definition) is 6. The highest BCUT2D eigenvalue weighted by Crippen LogP contribution is 2.60. The molecule has 1 aromatic carbocycles. The quantitative estimate of drug-likeness (QED) is 0.317. The van der Waals surface area contributed by atoms with Crippen molar-refractivity contribution in [2.75, 3.05) is 24.5 Å². The van der Waals surface area contributed by atoms with Crippen LogP contribution in [-0.4, -0.2) is 71.1 Å². The molecule has 238 valence electrons. The number of anilines is 1. The number of primary amides is 1. The molecule has 5 atom stereocenters. The van der Waals surface area contributed by atoms with Gasteiger partial charge in [0.2, 0.25) is 17.7 Å². The van der Waals surface area contributed by atoms with Crippen LogP contribution in [0, 0.1) is 40.8 Å². The summed E-state index contributed by atoms with van der Waals surface area (Å²) in [4.78, 5) is 42.5. The standard InChI is InChI=1S/C32H47ClFN5O4/c1-17(2)22(29(42)37-28-19-7-18-8-20(28)13-32(11-18,12-19)30(36)43)10-26(40)24(35)14-38-15-27(41)39(16-31(38,3)4)25-9-21(34)5-6-23(25)33/h5-6,9,17-20,22,24,26,28,40H,7-8,10-16,35H2,1-4H3,(H2,36,43)(H,37,42)/t18?,19?,20?,22-,24-,26-,28?,32?/m0/s1. The first-order valence-corrected chi connectivity index (χ1v) is 16.0. The van der Waals surface area contributed by atoms with Gasteiger partial charge >= 0.3 is 0 Å². The topological polar surface area (TPSA) is 142 Å². The minimum Gasteiger partial charge on any atom is -0.391 e. The first-order valence-electron chi connectivity index (χ1n) is 15.6. The van der Waals surface area contributed by atoms with Crippen molar-refractivity contribution in [3.8, 4) is 0 Å². The lowest BCUT2D eigenvalue weighted by atomic mass is 9.47. The number of halogens is 2. The Balaban J connectivity index is 1.20. The molecule has 5 aliphatic rings. The zero-order chi connectivity index (χ0) is 31.4. The van der Waals surface area contributed by atoms with E-state index in [0.717, 1.165) is 32.1 Å².